The summed E-state index contributed by atoms with van der Waals surface area (Å²) in [4.78, 5) is 14.7. The van der Waals surface area contributed by atoms with E-state index in [1.807, 2.05) is 13.8 Å². The minimum atomic E-state index is -0.581. The molecule has 0 bridgehead atoms. The highest BCUT2D eigenvalue weighted by Crippen LogP contribution is 2.35. The lowest BCUT2D eigenvalue weighted by Gasteiger charge is -2.46. The van der Waals surface area contributed by atoms with Crippen LogP contribution in [-0.4, -0.2) is 49.2 Å². The third-order valence-electron chi connectivity index (χ3n) is 5.08. The fourth-order valence-corrected chi connectivity index (χ4v) is 4.14. The van der Waals surface area contributed by atoms with Crippen molar-refractivity contribution < 1.29 is 9.53 Å². The summed E-state index contributed by atoms with van der Waals surface area (Å²) in [5.74, 6) is 0.707. The van der Waals surface area contributed by atoms with E-state index in [4.69, 9.17) is 4.74 Å². The Morgan fingerprint density at radius 3 is 2.70 bits per heavy atom. The minimum Gasteiger partial charge on any atom is -0.468 e. The van der Waals surface area contributed by atoms with Crippen LogP contribution in [0.2, 0.25) is 0 Å². The SMILES string of the molecule is CCNC(C)(CN1CCC[C@H]2CCCC[C@H]21)C(=O)OC. The predicted molar refractivity (Wildman–Crippen MR) is 80.7 cm³/mol. The number of methoxy groups -OCH3 is 1. The number of rotatable bonds is 5. The monoisotopic (exact) mass is 282 g/mol. The van der Waals surface area contributed by atoms with Gasteiger partial charge in [0.15, 0.2) is 0 Å². The second-order valence-electron chi connectivity index (χ2n) is 6.58. The molecule has 1 unspecified atom stereocenters. The zero-order valence-corrected chi connectivity index (χ0v) is 13.3. The molecule has 3 atom stereocenters. The van der Waals surface area contributed by atoms with Gasteiger partial charge in [0, 0.05) is 12.6 Å². The summed E-state index contributed by atoms with van der Waals surface area (Å²) < 4.78 is 5.02. The molecule has 1 saturated carbocycles. The minimum absolute atomic E-state index is 0.141. The molecule has 0 amide bonds. The topological polar surface area (TPSA) is 41.6 Å². The fraction of sp³-hybridized carbons (Fsp3) is 0.938. The molecule has 4 heteroatoms. The first-order chi connectivity index (χ1) is 9.60. The molecule has 0 spiro atoms. The number of likely N-dealkylation sites (tertiary alicyclic amines) is 1. The van der Waals surface area contributed by atoms with Gasteiger partial charge in [-0.15, -0.1) is 0 Å². The summed E-state index contributed by atoms with van der Waals surface area (Å²) in [7, 11) is 1.48. The first-order valence-electron chi connectivity index (χ1n) is 8.18. The van der Waals surface area contributed by atoms with E-state index in [0.717, 1.165) is 25.6 Å². The molecular weight excluding hydrogens is 252 g/mol. The Hall–Kier alpha value is -0.610. The van der Waals surface area contributed by atoms with Crippen LogP contribution in [0.15, 0.2) is 0 Å². The van der Waals surface area contributed by atoms with Gasteiger partial charge < -0.3 is 10.1 Å². The Balaban J connectivity index is 2.06. The molecule has 2 rings (SSSR count). The average molecular weight is 282 g/mol. The van der Waals surface area contributed by atoms with Gasteiger partial charge in [0.1, 0.15) is 5.54 Å². The van der Waals surface area contributed by atoms with E-state index in [1.54, 1.807) is 0 Å². The lowest BCUT2D eigenvalue weighted by molar-refractivity contribution is -0.149. The van der Waals surface area contributed by atoms with Crippen molar-refractivity contribution in [2.24, 2.45) is 5.92 Å². The summed E-state index contributed by atoms with van der Waals surface area (Å²) in [6.45, 7) is 6.71. The number of hydrogen-bond donors (Lipinski definition) is 1. The van der Waals surface area contributed by atoms with Gasteiger partial charge in [0.25, 0.3) is 0 Å². The summed E-state index contributed by atoms with van der Waals surface area (Å²) in [5, 5.41) is 3.34. The maximum atomic E-state index is 12.1. The maximum absolute atomic E-state index is 12.1. The smallest absolute Gasteiger partial charge is 0.327 e. The van der Waals surface area contributed by atoms with Crippen LogP contribution in [0.4, 0.5) is 0 Å². The number of ether oxygens (including phenoxy) is 1. The largest absolute Gasteiger partial charge is 0.468 e. The number of carbonyl (C=O) groups excluding carboxylic acids is 1. The highest BCUT2D eigenvalue weighted by atomic mass is 16.5. The quantitative estimate of drug-likeness (QED) is 0.785. The number of carbonyl (C=O) groups is 1. The van der Waals surface area contributed by atoms with Crippen molar-refractivity contribution in [2.75, 3.05) is 26.7 Å². The van der Waals surface area contributed by atoms with Crippen molar-refractivity contribution >= 4 is 5.97 Å². The average Bonchev–Trinajstić information content (AvgIpc) is 2.47. The maximum Gasteiger partial charge on any atom is 0.327 e. The van der Waals surface area contributed by atoms with Crippen LogP contribution in [0.5, 0.6) is 0 Å². The van der Waals surface area contributed by atoms with Crippen LogP contribution in [-0.2, 0) is 9.53 Å². The van der Waals surface area contributed by atoms with Gasteiger partial charge in [-0.1, -0.05) is 19.8 Å². The van der Waals surface area contributed by atoms with E-state index in [1.165, 1.54) is 45.6 Å². The molecule has 2 fully saturated rings. The Bertz CT molecular complexity index is 332. The molecule has 1 aliphatic carbocycles. The van der Waals surface area contributed by atoms with Crippen molar-refractivity contribution in [1.29, 1.82) is 0 Å². The van der Waals surface area contributed by atoms with Crippen molar-refractivity contribution in [3.05, 3.63) is 0 Å². The summed E-state index contributed by atoms with van der Waals surface area (Å²) >= 11 is 0. The number of nitrogens with zero attached hydrogens (tertiary/aromatic N) is 1. The van der Waals surface area contributed by atoms with E-state index < -0.39 is 5.54 Å². The zero-order chi connectivity index (χ0) is 14.6. The second kappa shape index (κ2) is 6.90. The standard InChI is InChI=1S/C16H30N2O2/c1-4-17-16(2,15(19)20-3)12-18-11-7-9-13-8-5-6-10-14(13)18/h13-14,17H,4-12H2,1-3H3/t13-,14-,16?/m1/s1. The molecule has 0 aromatic carbocycles. The number of fused-ring (bicyclic) bond motifs is 1. The van der Waals surface area contributed by atoms with E-state index in [2.05, 4.69) is 10.2 Å². The number of nitrogens with one attached hydrogen (secondary N) is 1. The van der Waals surface area contributed by atoms with Crippen LogP contribution >= 0.6 is 0 Å². The molecule has 2 aliphatic rings. The fourth-order valence-electron chi connectivity index (χ4n) is 4.14. The molecule has 20 heavy (non-hydrogen) atoms. The normalized spacial score (nSPS) is 30.4. The molecule has 1 saturated heterocycles. The Kier molecular flexibility index (Phi) is 5.44. The van der Waals surface area contributed by atoms with Crippen LogP contribution in [0.25, 0.3) is 0 Å². The Labute approximate surface area is 123 Å². The summed E-state index contributed by atoms with van der Waals surface area (Å²) in [6.07, 6.45) is 8.04. The molecule has 1 heterocycles. The lowest BCUT2D eigenvalue weighted by Crippen LogP contribution is -2.61. The van der Waals surface area contributed by atoms with Gasteiger partial charge in [-0.2, -0.15) is 0 Å². The third kappa shape index (κ3) is 3.34. The zero-order valence-electron chi connectivity index (χ0n) is 13.3. The molecule has 0 radical (unpaired) electrons. The molecule has 1 N–H and O–H groups in total. The van der Waals surface area contributed by atoms with Gasteiger partial charge in [-0.25, -0.2) is 0 Å². The number of esters is 1. The van der Waals surface area contributed by atoms with Gasteiger partial charge in [0.2, 0.25) is 0 Å². The van der Waals surface area contributed by atoms with Crippen LogP contribution in [0.1, 0.15) is 52.4 Å². The summed E-state index contributed by atoms with van der Waals surface area (Å²) in [6, 6.07) is 0.681. The van der Waals surface area contributed by atoms with Crippen LogP contribution in [0.3, 0.4) is 0 Å². The van der Waals surface area contributed by atoms with Crippen LogP contribution in [0, 0.1) is 5.92 Å². The molecule has 4 nitrogen and oxygen atoms in total. The van der Waals surface area contributed by atoms with Crippen molar-refractivity contribution in [3.8, 4) is 0 Å². The number of piperidine rings is 1. The molecule has 116 valence electrons. The first-order valence-corrected chi connectivity index (χ1v) is 8.18. The van der Waals surface area contributed by atoms with E-state index >= 15 is 0 Å². The lowest BCUT2D eigenvalue weighted by atomic mass is 9.78. The number of hydrogen-bond acceptors (Lipinski definition) is 4. The van der Waals surface area contributed by atoms with Gasteiger partial charge in [-0.05, 0) is 51.6 Å². The van der Waals surface area contributed by atoms with Crippen LogP contribution < -0.4 is 5.32 Å². The summed E-state index contributed by atoms with van der Waals surface area (Å²) in [5.41, 5.74) is -0.581. The van der Waals surface area contributed by atoms with Gasteiger partial charge in [-0.3, -0.25) is 9.69 Å². The number of likely N-dealkylation sites (N-methyl/N-ethyl adjacent to an activating group) is 1. The predicted octanol–water partition coefficient (Wildman–Crippen LogP) is 2.18. The van der Waals surface area contributed by atoms with Gasteiger partial charge in [0.05, 0.1) is 7.11 Å². The highest BCUT2D eigenvalue weighted by Gasteiger charge is 2.40. The molecule has 0 aromatic heterocycles. The molecule has 1 aliphatic heterocycles. The second-order valence-corrected chi connectivity index (χ2v) is 6.58. The first kappa shape index (κ1) is 15.8. The molecular formula is C16H30N2O2. The Morgan fingerprint density at radius 2 is 2.00 bits per heavy atom. The highest BCUT2D eigenvalue weighted by molar-refractivity contribution is 5.80. The van der Waals surface area contributed by atoms with Gasteiger partial charge >= 0.3 is 5.97 Å². The van der Waals surface area contributed by atoms with E-state index in [-0.39, 0.29) is 5.97 Å². The van der Waals surface area contributed by atoms with Crippen molar-refractivity contribution in [2.45, 2.75) is 64.0 Å². The van der Waals surface area contributed by atoms with Crippen molar-refractivity contribution in [1.82, 2.24) is 10.2 Å². The van der Waals surface area contributed by atoms with E-state index in [9.17, 15) is 4.79 Å². The van der Waals surface area contributed by atoms with E-state index in [0.29, 0.717) is 6.04 Å². The van der Waals surface area contributed by atoms with Crippen molar-refractivity contribution in [3.63, 3.8) is 0 Å². The molecule has 0 aromatic rings. The third-order valence-corrected chi connectivity index (χ3v) is 5.08. The Morgan fingerprint density at radius 1 is 1.30 bits per heavy atom.